The zero-order valence-electron chi connectivity index (χ0n) is 17.4. The maximum Gasteiger partial charge on any atom is 0.258 e. The van der Waals surface area contributed by atoms with E-state index in [-0.39, 0.29) is 11.8 Å². The summed E-state index contributed by atoms with van der Waals surface area (Å²) in [6.45, 7) is 1.87. The van der Waals surface area contributed by atoms with Gasteiger partial charge in [-0.1, -0.05) is 23.8 Å². The van der Waals surface area contributed by atoms with Crippen molar-refractivity contribution >= 4 is 45.1 Å². The number of amides is 2. The molecule has 0 radical (unpaired) electrons. The maximum atomic E-state index is 12.8. The van der Waals surface area contributed by atoms with Crippen molar-refractivity contribution in [3.05, 3.63) is 87.5 Å². The van der Waals surface area contributed by atoms with Gasteiger partial charge in [0, 0.05) is 35.9 Å². The second-order valence-corrected chi connectivity index (χ2v) is 8.06. The molecule has 31 heavy (non-hydrogen) atoms. The van der Waals surface area contributed by atoms with Gasteiger partial charge in [-0.2, -0.15) is 0 Å². The van der Waals surface area contributed by atoms with Crippen molar-refractivity contribution in [1.82, 2.24) is 9.88 Å². The minimum Gasteiger partial charge on any atom is -0.363 e. The van der Waals surface area contributed by atoms with Gasteiger partial charge in [0.15, 0.2) is 0 Å². The Balaban J connectivity index is 1.80. The molecule has 0 atom stereocenters. The number of aromatic nitrogens is 1. The zero-order chi connectivity index (χ0) is 22.5. The van der Waals surface area contributed by atoms with Gasteiger partial charge in [0.25, 0.3) is 11.8 Å². The molecule has 3 aromatic rings. The van der Waals surface area contributed by atoms with Crippen molar-refractivity contribution in [2.75, 3.05) is 24.7 Å². The summed E-state index contributed by atoms with van der Waals surface area (Å²) in [6, 6.07) is 15.5. The number of anilines is 2. The number of nitrogens with zero attached hydrogens (tertiary/aromatic N) is 2. The number of amidine groups is 1. The summed E-state index contributed by atoms with van der Waals surface area (Å²) >= 11 is 3.31. The average molecular weight is 480 g/mol. The van der Waals surface area contributed by atoms with E-state index >= 15 is 0 Å². The van der Waals surface area contributed by atoms with Crippen LogP contribution in [-0.4, -0.2) is 41.6 Å². The second-order valence-electron chi connectivity index (χ2n) is 7.14. The molecule has 0 spiro atoms. The van der Waals surface area contributed by atoms with Gasteiger partial charge in [0.05, 0.1) is 11.3 Å². The van der Waals surface area contributed by atoms with Crippen LogP contribution in [0.2, 0.25) is 0 Å². The zero-order valence-corrected chi connectivity index (χ0v) is 18.9. The third-order valence-electron chi connectivity index (χ3n) is 4.50. The van der Waals surface area contributed by atoms with Crippen LogP contribution in [-0.2, 0) is 0 Å². The first-order valence-corrected chi connectivity index (χ1v) is 10.2. The van der Waals surface area contributed by atoms with Crippen molar-refractivity contribution in [1.29, 1.82) is 5.41 Å². The fourth-order valence-corrected chi connectivity index (χ4v) is 3.06. The second kappa shape index (κ2) is 9.53. The number of halogens is 1. The van der Waals surface area contributed by atoms with Crippen LogP contribution < -0.4 is 10.6 Å². The Kier molecular flexibility index (Phi) is 6.81. The van der Waals surface area contributed by atoms with E-state index in [1.165, 1.54) is 0 Å². The third-order valence-corrected chi connectivity index (χ3v) is 4.97. The number of carbonyl (C=O) groups excluding carboxylic acids is 2. The van der Waals surface area contributed by atoms with Crippen LogP contribution in [0.15, 0.2) is 65.3 Å². The summed E-state index contributed by atoms with van der Waals surface area (Å²) in [7, 11) is 3.58. The molecular formula is C23H22BrN5O2. The molecule has 0 saturated heterocycles. The molecule has 8 heteroatoms. The number of aryl methyl sites for hydroxylation is 1. The highest BCUT2D eigenvalue weighted by atomic mass is 79.9. The third kappa shape index (κ3) is 5.55. The summed E-state index contributed by atoms with van der Waals surface area (Å²) in [4.78, 5) is 31.4. The average Bonchev–Trinajstić information content (AvgIpc) is 2.76. The van der Waals surface area contributed by atoms with E-state index in [9.17, 15) is 9.59 Å². The maximum absolute atomic E-state index is 12.8. The molecule has 0 saturated carbocycles. The highest BCUT2D eigenvalue weighted by Gasteiger charge is 2.16. The lowest BCUT2D eigenvalue weighted by Crippen LogP contribution is -2.22. The molecule has 0 fully saturated rings. The number of carbonyl (C=O) groups is 2. The van der Waals surface area contributed by atoms with Crippen molar-refractivity contribution in [2.45, 2.75) is 6.92 Å². The number of nitrogens with one attached hydrogen (secondary N) is 3. The Morgan fingerprint density at radius 2 is 1.61 bits per heavy atom. The van der Waals surface area contributed by atoms with E-state index in [4.69, 9.17) is 5.41 Å². The van der Waals surface area contributed by atoms with Gasteiger partial charge in [-0.05, 0) is 59.3 Å². The van der Waals surface area contributed by atoms with Crippen molar-refractivity contribution in [3.63, 3.8) is 0 Å². The molecule has 3 N–H and O–H groups in total. The Bertz CT molecular complexity index is 1130. The SMILES string of the molecule is Cc1ccc(NC(=O)c2ccc(C(=N)N(C)C)cc2)c(C(=O)Nc2ccc(Br)cn2)c1. The highest BCUT2D eigenvalue weighted by Crippen LogP contribution is 2.21. The quantitative estimate of drug-likeness (QED) is 0.369. The Morgan fingerprint density at radius 1 is 0.935 bits per heavy atom. The molecule has 0 bridgehead atoms. The smallest absolute Gasteiger partial charge is 0.258 e. The van der Waals surface area contributed by atoms with Gasteiger partial charge in [-0.25, -0.2) is 4.98 Å². The van der Waals surface area contributed by atoms with Crippen molar-refractivity contribution in [3.8, 4) is 0 Å². The molecule has 1 heterocycles. The first-order chi connectivity index (χ1) is 14.7. The molecule has 2 aromatic carbocycles. The Morgan fingerprint density at radius 3 is 2.23 bits per heavy atom. The molecular weight excluding hydrogens is 458 g/mol. The van der Waals surface area contributed by atoms with Crippen LogP contribution in [0.1, 0.15) is 31.8 Å². The van der Waals surface area contributed by atoms with E-state index in [0.29, 0.717) is 34.0 Å². The number of rotatable bonds is 5. The lowest BCUT2D eigenvalue weighted by molar-refractivity contribution is 0.102. The fourth-order valence-electron chi connectivity index (χ4n) is 2.82. The lowest BCUT2D eigenvalue weighted by atomic mass is 10.1. The van der Waals surface area contributed by atoms with Crippen LogP contribution in [0.5, 0.6) is 0 Å². The van der Waals surface area contributed by atoms with Gasteiger partial charge in [0.2, 0.25) is 0 Å². The van der Waals surface area contributed by atoms with E-state index in [1.54, 1.807) is 73.7 Å². The molecule has 7 nitrogen and oxygen atoms in total. The summed E-state index contributed by atoms with van der Waals surface area (Å²) in [5, 5.41) is 13.6. The van der Waals surface area contributed by atoms with Crippen LogP contribution in [0.4, 0.5) is 11.5 Å². The molecule has 0 unspecified atom stereocenters. The monoisotopic (exact) mass is 479 g/mol. The van der Waals surface area contributed by atoms with Crippen molar-refractivity contribution in [2.24, 2.45) is 0 Å². The van der Waals surface area contributed by atoms with Crippen LogP contribution >= 0.6 is 15.9 Å². The van der Waals surface area contributed by atoms with E-state index in [0.717, 1.165) is 10.0 Å². The Hall–Kier alpha value is -3.52. The molecule has 0 aliphatic heterocycles. The van der Waals surface area contributed by atoms with Gasteiger partial charge in [-0.15, -0.1) is 0 Å². The van der Waals surface area contributed by atoms with Crippen LogP contribution in [0.3, 0.4) is 0 Å². The highest BCUT2D eigenvalue weighted by molar-refractivity contribution is 9.10. The molecule has 1 aromatic heterocycles. The summed E-state index contributed by atoms with van der Waals surface area (Å²) in [6.07, 6.45) is 1.59. The Labute approximate surface area is 189 Å². The first-order valence-electron chi connectivity index (χ1n) is 9.46. The summed E-state index contributed by atoms with van der Waals surface area (Å²) < 4.78 is 0.806. The van der Waals surface area contributed by atoms with Gasteiger partial charge in [0.1, 0.15) is 11.7 Å². The minimum atomic E-state index is -0.372. The molecule has 3 rings (SSSR count). The summed E-state index contributed by atoms with van der Waals surface area (Å²) in [5.41, 5.74) is 2.76. The number of benzene rings is 2. The standard InChI is InChI=1S/C23H22BrN5O2/c1-14-4-10-19(18(12-14)23(31)28-20-11-9-17(24)13-26-20)27-22(30)16-7-5-15(6-8-16)21(25)29(2)3/h4-13,25H,1-3H3,(H,27,30)(H,26,28,31). The predicted molar refractivity (Wildman–Crippen MR) is 126 cm³/mol. The molecule has 0 aliphatic rings. The van der Waals surface area contributed by atoms with E-state index in [1.807, 2.05) is 13.0 Å². The van der Waals surface area contributed by atoms with Gasteiger partial charge >= 0.3 is 0 Å². The predicted octanol–water partition coefficient (Wildman–Crippen LogP) is 4.54. The number of pyridine rings is 1. The van der Waals surface area contributed by atoms with Crippen LogP contribution in [0.25, 0.3) is 0 Å². The van der Waals surface area contributed by atoms with Crippen LogP contribution in [0, 0.1) is 12.3 Å². The fraction of sp³-hybridized carbons (Fsp3) is 0.130. The number of hydrogen-bond donors (Lipinski definition) is 3. The lowest BCUT2D eigenvalue weighted by Gasteiger charge is -2.14. The van der Waals surface area contributed by atoms with Crippen molar-refractivity contribution < 1.29 is 9.59 Å². The molecule has 158 valence electrons. The molecule has 2 amide bonds. The topological polar surface area (TPSA) is 98.2 Å². The van der Waals surface area contributed by atoms with E-state index in [2.05, 4.69) is 31.5 Å². The van der Waals surface area contributed by atoms with Gasteiger partial charge in [-0.3, -0.25) is 15.0 Å². The first kappa shape index (κ1) is 22.2. The van der Waals surface area contributed by atoms with Gasteiger partial charge < -0.3 is 15.5 Å². The minimum absolute atomic E-state index is 0.337. The largest absolute Gasteiger partial charge is 0.363 e. The molecule has 0 aliphatic carbocycles. The normalized spacial score (nSPS) is 10.3. The van der Waals surface area contributed by atoms with E-state index < -0.39 is 0 Å². The summed E-state index contributed by atoms with van der Waals surface area (Å²) in [5.74, 6) is 0.0446. The number of hydrogen-bond acceptors (Lipinski definition) is 4.